The van der Waals surface area contributed by atoms with E-state index in [-0.39, 0.29) is 16.1 Å². The number of nitrogens with one attached hydrogen (secondary N) is 2. The molecule has 126 valence electrons. The Kier molecular flexibility index (Phi) is 3.89. The number of sulfonamides is 1. The highest BCUT2D eigenvalue weighted by molar-refractivity contribution is 7.92. The first-order valence-corrected chi connectivity index (χ1v) is 8.22. The van der Waals surface area contributed by atoms with Crippen molar-refractivity contribution in [1.29, 1.82) is 0 Å². The first-order chi connectivity index (χ1) is 11.4. The molecule has 3 rings (SSSR count). The van der Waals surface area contributed by atoms with Crippen LogP contribution in [0.25, 0.3) is 5.52 Å². The Balaban J connectivity index is 2.01. The number of benzene rings is 1. The van der Waals surface area contributed by atoms with Crippen molar-refractivity contribution in [3.05, 3.63) is 47.1 Å². The summed E-state index contributed by atoms with van der Waals surface area (Å²) in [5.74, 6) is 0.879. The van der Waals surface area contributed by atoms with E-state index < -0.39 is 15.6 Å². The van der Waals surface area contributed by atoms with Crippen molar-refractivity contribution in [2.24, 2.45) is 0 Å². The Bertz CT molecular complexity index is 1030. The molecule has 0 fully saturated rings. The molecular formula is C14H14N4O5S. The molecule has 10 heteroatoms. The summed E-state index contributed by atoms with van der Waals surface area (Å²) in [6, 6.07) is 5.92. The van der Waals surface area contributed by atoms with E-state index in [9.17, 15) is 13.2 Å². The largest absolute Gasteiger partial charge is 0.497 e. The molecule has 0 unspecified atom stereocenters. The summed E-state index contributed by atoms with van der Waals surface area (Å²) in [7, 11) is -0.974. The third-order valence-corrected chi connectivity index (χ3v) is 4.67. The maximum absolute atomic E-state index is 12.5. The van der Waals surface area contributed by atoms with Gasteiger partial charge in [-0.1, -0.05) is 0 Å². The van der Waals surface area contributed by atoms with E-state index in [2.05, 4.69) is 14.9 Å². The minimum Gasteiger partial charge on any atom is -0.497 e. The lowest BCUT2D eigenvalue weighted by Gasteiger charge is -2.10. The van der Waals surface area contributed by atoms with E-state index in [0.29, 0.717) is 11.5 Å². The zero-order valence-corrected chi connectivity index (χ0v) is 13.6. The normalized spacial score (nSPS) is 11.4. The van der Waals surface area contributed by atoms with Crippen LogP contribution in [-0.4, -0.2) is 37.2 Å². The molecule has 0 atom stereocenters. The van der Waals surface area contributed by atoms with E-state index in [4.69, 9.17) is 9.47 Å². The van der Waals surface area contributed by atoms with Crippen molar-refractivity contribution in [2.75, 3.05) is 18.9 Å². The third kappa shape index (κ3) is 2.91. The summed E-state index contributed by atoms with van der Waals surface area (Å²) >= 11 is 0. The van der Waals surface area contributed by atoms with Gasteiger partial charge in [0.05, 0.1) is 19.9 Å². The second-order valence-corrected chi connectivity index (χ2v) is 6.54. The highest BCUT2D eigenvalue weighted by Crippen LogP contribution is 2.27. The topological polar surface area (TPSA) is 115 Å². The van der Waals surface area contributed by atoms with Gasteiger partial charge < -0.3 is 9.47 Å². The number of ether oxygens (including phenoxy) is 2. The lowest BCUT2D eigenvalue weighted by molar-refractivity contribution is 0.395. The predicted octanol–water partition coefficient (Wildman–Crippen LogP) is 0.841. The van der Waals surface area contributed by atoms with Gasteiger partial charge in [0.2, 0.25) is 0 Å². The molecule has 0 saturated heterocycles. The van der Waals surface area contributed by atoms with Gasteiger partial charge in [0.15, 0.2) is 0 Å². The average Bonchev–Trinajstić information content (AvgIpc) is 3.00. The molecule has 0 radical (unpaired) electrons. The summed E-state index contributed by atoms with van der Waals surface area (Å²) < 4.78 is 39.1. The van der Waals surface area contributed by atoms with Crippen LogP contribution in [0.5, 0.6) is 11.5 Å². The van der Waals surface area contributed by atoms with Gasteiger partial charge in [-0.05, 0) is 6.07 Å². The van der Waals surface area contributed by atoms with Crippen molar-refractivity contribution < 1.29 is 17.9 Å². The molecule has 0 aliphatic rings. The first kappa shape index (κ1) is 15.9. The fourth-order valence-electron chi connectivity index (χ4n) is 2.17. The number of nitrogens with zero attached hydrogens (tertiary/aromatic N) is 2. The number of hydrogen-bond donors (Lipinski definition) is 2. The molecule has 2 aromatic heterocycles. The summed E-state index contributed by atoms with van der Waals surface area (Å²) in [5.41, 5.74) is -0.0379. The van der Waals surface area contributed by atoms with Gasteiger partial charge in [0.1, 0.15) is 28.2 Å². The Hall–Kier alpha value is -3.01. The van der Waals surface area contributed by atoms with Gasteiger partial charge in [-0.3, -0.25) is 13.9 Å². The average molecular weight is 350 g/mol. The second kappa shape index (κ2) is 5.89. The van der Waals surface area contributed by atoms with Gasteiger partial charge in [-0.25, -0.2) is 13.5 Å². The predicted molar refractivity (Wildman–Crippen MR) is 86.2 cm³/mol. The molecule has 3 aromatic rings. The van der Waals surface area contributed by atoms with Crippen molar-refractivity contribution in [3.8, 4) is 11.5 Å². The number of hydrogen-bond acceptors (Lipinski definition) is 6. The minimum atomic E-state index is -3.90. The van der Waals surface area contributed by atoms with E-state index in [1.54, 1.807) is 6.07 Å². The maximum atomic E-state index is 12.5. The molecule has 0 aliphatic heterocycles. The third-order valence-electron chi connectivity index (χ3n) is 3.32. The van der Waals surface area contributed by atoms with Crippen LogP contribution < -0.4 is 19.8 Å². The van der Waals surface area contributed by atoms with Crippen LogP contribution in [0.4, 0.5) is 5.69 Å². The quantitative estimate of drug-likeness (QED) is 0.705. The van der Waals surface area contributed by atoms with E-state index in [0.717, 1.165) is 0 Å². The molecule has 0 saturated carbocycles. The number of methoxy groups -OCH3 is 2. The Morgan fingerprint density at radius 3 is 2.38 bits per heavy atom. The van der Waals surface area contributed by atoms with Crippen molar-refractivity contribution in [1.82, 2.24) is 14.6 Å². The zero-order chi connectivity index (χ0) is 17.3. The molecule has 0 spiro atoms. The molecule has 0 aliphatic carbocycles. The standard InChI is InChI=1S/C14H14N4O5S/c1-22-10-3-9(4-11(5-10)23-2)17-24(20,21)12-6-13-14(19)16-15-8-18(13)7-12/h3-8,17H,1-2H3,(H,16,19). The summed E-state index contributed by atoms with van der Waals surface area (Å²) in [6.45, 7) is 0. The molecule has 0 amide bonds. The Morgan fingerprint density at radius 1 is 1.12 bits per heavy atom. The maximum Gasteiger partial charge on any atom is 0.288 e. The van der Waals surface area contributed by atoms with E-state index in [1.807, 2.05) is 0 Å². The van der Waals surface area contributed by atoms with Crippen LogP contribution in [-0.2, 0) is 10.0 Å². The van der Waals surface area contributed by atoms with Gasteiger partial charge >= 0.3 is 0 Å². The fourth-order valence-corrected chi connectivity index (χ4v) is 3.23. The Labute approximate surface area is 136 Å². The van der Waals surface area contributed by atoms with Gasteiger partial charge in [-0.2, -0.15) is 5.10 Å². The monoisotopic (exact) mass is 350 g/mol. The second-order valence-electron chi connectivity index (χ2n) is 4.86. The van der Waals surface area contributed by atoms with E-state index >= 15 is 0 Å². The zero-order valence-electron chi connectivity index (χ0n) is 12.8. The lowest BCUT2D eigenvalue weighted by Crippen LogP contribution is -2.12. The molecule has 1 aromatic carbocycles. The lowest BCUT2D eigenvalue weighted by atomic mass is 10.3. The van der Waals surface area contributed by atoms with Crippen LogP contribution in [0.1, 0.15) is 0 Å². The SMILES string of the molecule is COc1cc(NS(=O)(=O)c2cc3c(=O)[nH]ncn3c2)cc(OC)c1. The van der Waals surface area contributed by atoms with Crippen LogP contribution in [0.15, 0.2) is 46.5 Å². The smallest absolute Gasteiger partial charge is 0.288 e. The fraction of sp³-hybridized carbons (Fsp3) is 0.143. The summed E-state index contributed by atoms with van der Waals surface area (Å²) in [5, 5.41) is 5.86. The number of fused-ring (bicyclic) bond motifs is 1. The van der Waals surface area contributed by atoms with Crippen LogP contribution in [0.3, 0.4) is 0 Å². The summed E-state index contributed by atoms with van der Waals surface area (Å²) in [6.07, 6.45) is 2.61. The van der Waals surface area contributed by atoms with Crippen molar-refractivity contribution >= 4 is 21.2 Å². The Morgan fingerprint density at radius 2 is 1.79 bits per heavy atom. The number of aromatic nitrogens is 3. The van der Waals surface area contributed by atoms with Gasteiger partial charge in [-0.15, -0.1) is 0 Å². The number of rotatable bonds is 5. The number of anilines is 1. The molecule has 9 nitrogen and oxygen atoms in total. The molecule has 2 heterocycles. The highest BCUT2D eigenvalue weighted by atomic mass is 32.2. The van der Waals surface area contributed by atoms with Crippen LogP contribution >= 0.6 is 0 Å². The van der Waals surface area contributed by atoms with Crippen LogP contribution in [0, 0.1) is 0 Å². The van der Waals surface area contributed by atoms with Crippen molar-refractivity contribution in [2.45, 2.75) is 4.90 Å². The highest BCUT2D eigenvalue weighted by Gasteiger charge is 2.18. The van der Waals surface area contributed by atoms with Gasteiger partial charge in [0.25, 0.3) is 15.6 Å². The summed E-state index contributed by atoms with van der Waals surface area (Å²) in [4.78, 5) is 11.6. The van der Waals surface area contributed by atoms with E-state index in [1.165, 1.54) is 49.3 Å². The first-order valence-electron chi connectivity index (χ1n) is 6.74. The number of H-pyrrole nitrogens is 1. The molecule has 0 bridgehead atoms. The molecule has 2 N–H and O–H groups in total. The minimum absolute atomic E-state index is 0.0669. The molecule has 24 heavy (non-hydrogen) atoms. The van der Waals surface area contributed by atoms with Gasteiger partial charge in [0, 0.05) is 24.4 Å². The van der Waals surface area contributed by atoms with Crippen molar-refractivity contribution in [3.63, 3.8) is 0 Å². The molecular weight excluding hydrogens is 336 g/mol. The number of aromatic amines is 1. The van der Waals surface area contributed by atoms with Crippen LogP contribution in [0.2, 0.25) is 0 Å².